The number of benzene rings is 2. The van der Waals surface area contributed by atoms with Crippen LogP contribution < -0.4 is 10.1 Å². The molecule has 0 radical (unpaired) electrons. The van der Waals surface area contributed by atoms with Gasteiger partial charge in [0, 0.05) is 18.2 Å². The number of carbonyl (C=O) groups is 1. The summed E-state index contributed by atoms with van der Waals surface area (Å²) in [5.74, 6) is 5.78. The molecule has 1 N–H and O–H groups in total. The van der Waals surface area contributed by atoms with Gasteiger partial charge >= 0.3 is 0 Å². The number of para-hydroxylation sites is 1. The SMILES string of the molecule is O=C(/C=C/c1ccc([N+](=O)[O-])cc1)NCC#CCOc1ccccc1Cl. The van der Waals surface area contributed by atoms with Gasteiger partial charge in [0.1, 0.15) is 12.4 Å². The van der Waals surface area contributed by atoms with E-state index in [2.05, 4.69) is 17.2 Å². The molecule has 0 aliphatic heterocycles. The van der Waals surface area contributed by atoms with Crippen LogP contribution in [0.5, 0.6) is 5.75 Å². The van der Waals surface area contributed by atoms with Crippen molar-refractivity contribution in [3.05, 3.63) is 75.3 Å². The Morgan fingerprint density at radius 2 is 1.92 bits per heavy atom. The second-order valence-electron chi connectivity index (χ2n) is 4.97. The number of rotatable bonds is 6. The maximum atomic E-state index is 11.7. The van der Waals surface area contributed by atoms with Crippen LogP contribution in [0.2, 0.25) is 5.02 Å². The summed E-state index contributed by atoms with van der Waals surface area (Å²) in [5.41, 5.74) is 0.686. The number of nitrogens with zero attached hydrogens (tertiary/aromatic N) is 1. The van der Waals surface area contributed by atoms with E-state index < -0.39 is 4.92 Å². The number of amides is 1. The summed E-state index contributed by atoms with van der Waals surface area (Å²) in [7, 11) is 0. The molecule has 0 saturated heterocycles. The van der Waals surface area contributed by atoms with Gasteiger partial charge in [-0.3, -0.25) is 14.9 Å². The van der Waals surface area contributed by atoms with Crippen molar-refractivity contribution in [3.8, 4) is 17.6 Å². The van der Waals surface area contributed by atoms with Crippen LogP contribution in [0.4, 0.5) is 5.69 Å². The van der Waals surface area contributed by atoms with Crippen molar-refractivity contribution in [2.24, 2.45) is 0 Å². The highest BCUT2D eigenvalue weighted by atomic mass is 35.5. The van der Waals surface area contributed by atoms with E-state index in [1.807, 2.05) is 6.07 Å². The average molecular weight is 371 g/mol. The molecule has 0 spiro atoms. The molecule has 1 amide bonds. The Bertz CT molecular complexity index is 867. The van der Waals surface area contributed by atoms with Gasteiger partial charge in [-0.15, -0.1) is 0 Å². The van der Waals surface area contributed by atoms with E-state index >= 15 is 0 Å². The van der Waals surface area contributed by atoms with Gasteiger partial charge < -0.3 is 10.1 Å². The summed E-state index contributed by atoms with van der Waals surface area (Å²) in [5, 5.41) is 13.7. The smallest absolute Gasteiger partial charge is 0.269 e. The topological polar surface area (TPSA) is 81.5 Å². The Morgan fingerprint density at radius 3 is 2.62 bits per heavy atom. The molecule has 2 aromatic rings. The van der Waals surface area contributed by atoms with Crippen molar-refractivity contribution in [2.45, 2.75) is 0 Å². The number of non-ortho nitro benzene ring substituents is 1. The van der Waals surface area contributed by atoms with Gasteiger partial charge in [0.2, 0.25) is 5.91 Å². The second-order valence-corrected chi connectivity index (χ2v) is 5.38. The fourth-order valence-corrected chi connectivity index (χ4v) is 2.05. The van der Waals surface area contributed by atoms with E-state index in [-0.39, 0.29) is 24.7 Å². The van der Waals surface area contributed by atoms with E-state index in [4.69, 9.17) is 16.3 Å². The normalized spacial score (nSPS) is 10.0. The molecule has 0 atom stereocenters. The zero-order chi connectivity index (χ0) is 18.8. The Kier molecular flexibility index (Phi) is 7.22. The summed E-state index contributed by atoms with van der Waals surface area (Å²) >= 11 is 5.94. The summed E-state index contributed by atoms with van der Waals surface area (Å²) in [4.78, 5) is 21.8. The van der Waals surface area contributed by atoms with Crippen LogP contribution in [-0.4, -0.2) is 24.0 Å². The Balaban J connectivity index is 1.72. The zero-order valence-corrected chi connectivity index (χ0v) is 14.4. The predicted octanol–water partition coefficient (Wildman–Crippen LogP) is 3.46. The van der Waals surface area contributed by atoms with E-state index in [0.717, 1.165) is 0 Å². The number of halogens is 1. The first-order valence-electron chi connectivity index (χ1n) is 7.59. The monoisotopic (exact) mass is 370 g/mol. The molecule has 26 heavy (non-hydrogen) atoms. The van der Waals surface area contributed by atoms with E-state index in [0.29, 0.717) is 16.3 Å². The predicted molar refractivity (Wildman–Crippen MR) is 99.9 cm³/mol. The van der Waals surface area contributed by atoms with Gasteiger partial charge in [0.05, 0.1) is 16.5 Å². The van der Waals surface area contributed by atoms with Crippen molar-refractivity contribution < 1.29 is 14.5 Å². The Labute approximate surface area is 155 Å². The molecule has 0 aliphatic rings. The third-order valence-electron chi connectivity index (χ3n) is 3.14. The number of hydrogen-bond donors (Lipinski definition) is 1. The van der Waals surface area contributed by atoms with Gasteiger partial charge in [-0.05, 0) is 35.9 Å². The van der Waals surface area contributed by atoms with Gasteiger partial charge in [-0.1, -0.05) is 35.6 Å². The number of ether oxygens (including phenoxy) is 1. The Morgan fingerprint density at radius 1 is 1.19 bits per heavy atom. The first-order valence-corrected chi connectivity index (χ1v) is 7.97. The average Bonchev–Trinajstić information content (AvgIpc) is 2.64. The molecule has 0 unspecified atom stereocenters. The molecule has 0 heterocycles. The van der Waals surface area contributed by atoms with Gasteiger partial charge in [0.15, 0.2) is 0 Å². The van der Waals surface area contributed by atoms with Crippen LogP contribution in [0.15, 0.2) is 54.6 Å². The lowest BCUT2D eigenvalue weighted by molar-refractivity contribution is -0.384. The molecule has 2 rings (SSSR count). The Hall–Kier alpha value is -3.30. The molecule has 2 aromatic carbocycles. The third-order valence-corrected chi connectivity index (χ3v) is 3.46. The standard InChI is InChI=1S/C19H15ClN2O4/c20-17-5-1-2-6-18(17)26-14-4-3-13-21-19(23)12-9-15-7-10-16(11-8-15)22(24)25/h1-2,5-12H,13-14H2,(H,21,23)/b12-9+. The quantitative estimate of drug-likeness (QED) is 0.365. The van der Waals surface area contributed by atoms with Crippen LogP contribution in [0.3, 0.4) is 0 Å². The minimum absolute atomic E-state index is 0.000819. The van der Waals surface area contributed by atoms with E-state index in [9.17, 15) is 14.9 Å². The van der Waals surface area contributed by atoms with Crippen LogP contribution in [0, 0.1) is 22.0 Å². The summed E-state index contributed by atoms with van der Waals surface area (Å²) in [6, 6.07) is 13.0. The van der Waals surface area contributed by atoms with Crippen molar-refractivity contribution in [1.29, 1.82) is 0 Å². The number of hydrogen-bond acceptors (Lipinski definition) is 4. The maximum absolute atomic E-state index is 11.7. The fraction of sp³-hybridized carbons (Fsp3) is 0.105. The maximum Gasteiger partial charge on any atom is 0.269 e. The van der Waals surface area contributed by atoms with Gasteiger partial charge in [-0.25, -0.2) is 0 Å². The number of nitrogens with one attached hydrogen (secondary N) is 1. The molecule has 6 nitrogen and oxygen atoms in total. The third kappa shape index (κ3) is 6.30. The molecule has 7 heteroatoms. The van der Waals surface area contributed by atoms with E-state index in [1.165, 1.54) is 18.2 Å². The van der Waals surface area contributed by atoms with Crippen molar-refractivity contribution in [2.75, 3.05) is 13.2 Å². The minimum Gasteiger partial charge on any atom is -0.479 e. The number of nitro groups is 1. The molecule has 132 valence electrons. The van der Waals surface area contributed by atoms with E-state index in [1.54, 1.807) is 36.4 Å². The molecular weight excluding hydrogens is 356 g/mol. The minimum atomic E-state index is -0.478. The molecule has 0 saturated carbocycles. The van der Waals surface area contributed by atoms with Crippen LogP contribution in [0.25, 0.3) is 6.08 Å². The summed E-state index contributed by atoms with van der Waals surface area (Å²) in [6.07, 6.45) is 2.90. The molecule has 0 bridgehead atoms. The lowest BCUT2D eigenvalue weighted by atomic mass is 10.2. The van der Waals surface area contributed by atoms with Crippen molar-refractivity contribution in [1.82, 2.24) is 5.32 Å². The molecule has 0 fully saturated rings. The fourth-order valence-electron chi connectivity index (χ4n) is 1.86. The van der Waals surface area contributed by atoms with Crippen molar-refractivity contribution in [3.63, 3.8) is 0 Å². The van der Waals surface area contributed by atoms with Gasteiger partial charge in [-0.2, -0.15) is 0 Å². The molecule has 0 aromatic heterocycles. The highest BCUT2D eigenvalue weighted by Crippen LogP contribution is 2.22. The van der Waals surface area contributed by atoms with Gasteiger partial charge in [0.25, 0.3) is 5.69 Å². The second kappa shape index (κ2) is 9.87. The zero-order valence-electron chi connectivity index (χ0n) is 13.6. The van der Waals surface area contributed by atoms with Crippen molar-refractivity contribution >= 4 is 29.3 Å². The molecule has 0 aliphatic carbocycles. The highest BCUT2D eigenvalue weighted by Gasteiger charge is 2.02. The lowest BCUT2D eigenvalue weighted by Crippen LogP contribution is -2.21. The largest absolute Gasteiger partial charge is 0.479 e. The highest BCUT2D eigenvalue weighted by molar-refractivity contribution is 6.32. The van der Waals surface area contributed by atoms with Crippen LogP contribution in [0.1, 0.15) is 5.56 Å². The summed E-state index contributed by atoms with van der Waals surface area (Å²) in [6.45, 7) is 0.341. The van der Waals surface area contributed by atoms with Crippen LogP contribution in [-0.2, 0) is 4.79 Å². The first-order chi connectivity index (χ1) is 12.6. The lowest BCUT2D eigenvalue weighted by Gasteiger charge is -2.02. The number of nitro benzene ring substituents is 1. The number of carbonyl (C=O) groups excluding carboxylic acids is 1. The molecular formula is C19H15ClN2O4. The summed E-state index contributed by atoms with van der Waals surface area (Å²) < 4.78 is 5.40. The van der Waals surface area contributed by atoms with Crippen LogP contribution >= 0.6 is 11.6 Å². The first kappa shape index (κ1) is 19.0.